The summed E-state index contributed by atoms with van der Waals surface area (Å²) in [5.41, 5.74) is 0. The van der Waals surface area contributed by atoms with E-state index < -0.39 is 0 Å². The van der Waals surface area contributed by atoms with Crippen molar-refractivity contribution in [3.63, 3.8) is 0 Å². The van der Waals surface area contributed by atoms with Gasteiger partial charge in [0.05, 0.1) is 0 Å². The Morgan fingerprint density at radius 3 is 0.800 bits per heavy atom. The molecule has 0 bridgehead atoms. The number of hydrogen-bond donors (Lipinski definition) is 0. The first-order valence-corrected chi connectivity index (χ1v) is 0. The van der Waals surface area contributed by atoms with Crippen LogP contribution in [0.5, 0.6) is 0 Å². The third-order valence-electron chi connectivity index (χ3n) is 0. The molecule has 0 aromatic carbocycles. The van der Waals surface area contributed by atoms with E-state index in [-0.39, 0.29) is 39.0 Å². The smallest absolute Gasteiger partial charge is 2.00 e. The van der Waals surface area contributed by atoms with Gasteiger partial charge in [0.15, 0.2) is 0 Å². The zero-order valence-corrected chi connectivity index (χ0v) is 3.31. The van der Waals surface area contributed by atoms with Gasteiger partial charge in [-0.25, -0.2) is 0 Å². The van der Waals surface area contributed by atoms with Gasteiger partial charge in [0, 0.05) is 0 Å². The van der Waals surface area contributed by atoms with Crippen molar-refractivity contribution in [3.8, 4) is 0 Å². The van der Waals surface area contributed by atoms with Crippen molar-refractivity contribution >= 4 is 0 Å². The summed E-state index contributed by atoms with van der Waals surface area (Å²) in [6.07, 6.45) is 0. The van der Waals surface area contributed by atoms with Crippen molar-refractivity contribution in [3.05, 3.63) is 0 Å². The first-order chi connectivity index (χ1) is 0. The van der Waals surface area contributed by atoms with Gasteiger partial charge in [0.25, 0.3) is 0 Å². The molecule has 0 aromatic heterocycles. The van der Waals surface area contributed by atoms with Gasteiger partial charge in [0.2, 0.25) is 0 Å². The van der Waals surface area contributed by atoms with E-state index in [0.29, 0.717) is 0 Å². The average molecular weight is 125 g/mol. The van der Waals surface area contributed by atoms with Crippen molar-refractivity contribution < 1.29 is 39.0 Å². The van der Waals surface area contributed by atoms with Crippen LogP contribution in [0.2, 0.25) is 0 Å². The van der Waals surface area contributed by atoms with Crippen molar-refractivity contribution in [1.29, 1.82) is 0 Å². The maximum absolute atomic E-state index is 0. The molecule has 0 rings (SSSR count). The molecule has 0 heterocycles. The van der Waals surface area contributed by atoms with Gasteiger partial charge in [-0.2, -0.15) is 0 Å². The molecule has 1 radical (unpaired) electrons. The summed E-state index contributed by atoms with van der Waals surface area (Å²) >= 11 is 0. The Labute approximate surface area is 39.9 Å². The third kappa shape index (κ3) is 188. The fraction of sp³-hybridized carbons (Fsp3) is 0. The van der Waals surface area contributed by atoms with Crippen LogP contribution in [0, 0.1) is 0 Å². The topological polar surface area (TPSA) is 122 Å². The van der Waals surface area contributed by atoms with E-state index in [0.717, 1.165) is 0 Å². The Hall–Kier alpha value is 0.359. The minimum absolute atomic E-state index is 0. The molecule has 0 aliphatic heterocycles. The van der Waals surface area contributed by atoms with Crippen LogP contribution >= 0.6 is 0 Å². The molecule has 0 spiro atoms. The predicted octanol–water partition coefficient (Wildman–Crippen LogP) is -1.95. The maximum atomic E-state index is 0. The van der Waals surface area contributed by atoms with E-state index in [1.54, 1.807) is 0 Å². The SMILES string of the molecule is O.O.[Fe+3].[O-2].[OH-]. The van der Waals surface area contributed by atoms with Crippen LogP contribution in [-0.2, 0) is 22.5 Å². The van der Waals surface area contributed by atoms with Gasteiger partial charge in [-0.05, 0) is 0 Å². The summed E-state index contributed by atoms with van der Waals surface area (Å²) in [4.78, 5) is 0. The van der Waals surface area contributed by atoms with Gasteiger partial charge in [-0.3, -0.25) is 0 Å². The molecule has 0 aromatic rings. The van der Waals surface area contributed by atoms with E-state index in [2.05, 4.69) is 0 Å². The van der Waals surface area contributed by atoms with Crippen LogP contribution in [0.25, 0.3) is 0 Å². The zero-order chi connectivity index (χ0) is 0. The maximum Gasteiger partial charge on any atom is 3.00 e. The molecule has 0 saturated heterocycles. The minimum atomic E-state index is 0. The second-order valence-electron chi connectivity index (χ2n) is 0. The molecule has 0 unspecified atom stereocenters. The van der Waals surface area contributed by atoms with Gasteiger partial charge >= 0.3 is 17.1 Å². The van der Waals surface area contributed by atoms with Gasteiger partial charge in [-0.15, -0.1) is 0 Å². The minimum Gasteiger partial charge on any atom is -2.00 e. The fourth-order valence-electron chi connectivity index (χ4n) is 0. The number of hydrogen-bond acceptors (Lipinski definition) is 1. The normalized spacial score (nSPS) is 0. The molecule has 5 N–H and O–H groups in total. The molecule has 5 heavy (non-hydrogen) atoms. The molecule has 0 atom stereocenters. The van der Waals surface area contributed by atoms with Crippen molar-refractivity contribution in [2.45, 2.75) is 0 Å². The van der Waals surface area contributed by atoms with Crippen molar-refractivity contribution in [2.75, 3.05) is 0 Å². The Bertz CT molecular complexity index is 3.61. The van der Waals surface area contributed by atoms with E-state index >= 15 is 0 Å². The van der Waals surface area contributed by atoms with Crippen molar-refractivity contribution in [2.24, 2.45) is 0 Å². The Balaban J connectivity index is 0. The zero-order valence-electron chi connectivity index (χ0n) is 2.21. The van der Waals surface area contributed by atoms with Crippen LogP contribution in [0.1, 0.15) is 0 Å². The van der Waals surface area contributed by atoms with Crippen LogP contribution in [0.3, 0.4) is 0 Å². The van der Waals surface area contributed by atoms with Gasteiger partial charge in [0.1, 0.15) is 0 Å². The predicted molar refractivity (Wildman–Crippen MR) is 9.85 cm³/mol. The molecule has 0 aliphatic rings. The first kappa shape index (κ1) is 788. The second-order valence-corrected chi connectivity index (χ2v) is 0. The average Bonchev–Trinajstić information content (AvgIpc) is 0. The molecule has 0 amide bonds. The van der Waals surface area contributed by atoms with Crippen LogP contribution < -0.4 is 0 Å². The van der Waals surface area contributed by atoms with Crippen molar-refractivity contribution in [1.82, 2.24) is 0 Å². The molecule has 0 aliphatic carbocycles. The first-order valence-electron chi connectivity index (χ1n) is 0. The van der Waals surface area contributed by atoms with Crippen LogP contribution in [0.15, 0.2) is 0 Å². The molecule has 0 saturated carbocycles. The standard InChI is InChI=1S/Fe.3H2O.O/h;3*1H2;/q+3;;;;-2/p-1. The summed E-state index contributed by atoms with van der Waals surface area (Å²) in [5.74, 6) is 0. The van der Waals surface area contributed by atoms with Gasteiger partial charge in [-0.1, -0.05) is 0 Å². The molecule has 5 heteroatoms. The third-order valence-corrected chi connectivity index (χ3v) is 0. The van der Waals surface area contributed by atoms with E-state index in [9.17, 15) is 0 Å². The van der Waals surface area contributed by atoms with E-state index in [1.165, 1.54) is 0 Å². The Kier molecular flexibility index (Phi) is 60000. The van der Waals surface area contributed by atoms with Gasteiger partial charge < -0.3 is 21.9 Å². The molecule has 37 valence electrons. The molecule has 0 fully saturated rings. The Morgan fingerprint density at radius 1 is 0.800 bits per heavy atom. The summed E-state index contributed by atoms with van der Waals surface area (Å²) in [6, 6.07) is 0. The largest absolute Gasteiger partial charge is 3.00 e. The fourth-order valence-corrected chi connectivity index (χ4v) is 0. The monoisotopic (exact) mass is 125 g/mol. The summed E-state index contributed by atoms with van der Waals surface area (Å²) in [5, 5.41) is 0. The number of rotatable bonds is 0. The quantitative estimate of drug-likeness (QED) is 0.343. The Morgan fingerprint density at radius 2 is 0.800 bits per heavy atom. The van der Waals surface area contributed by atoms with E-state index in [4.69, 9.17) is 0 Å². The van der Waals surface area contributed by atoms with E-state index in [1.807, 2.05) is 0 Å². The summed E-state index contributed by atoms with van der Waals surface area (Å²) in [7, 11) is 0. The van der Waals surface area contributed by atoms with Crippen LogP contribution in [0.4, 0.5) is 0 Å². The molecular weight excluding hydrogens is 120 g/mol. The summed E-state index contributed by atoms with van der Waals surface area (Å²) in [6.45, 7) is 0. The second kappa shape index (κ2) is 381. The summed E-state index contributed by atoms with van der Waals surface area (Å²) < 4.78 is 0. The molecular formula is H5FeO4. The van der Waals surface area contributed by atoms with Crippen LogP contribution in [-0.4, -0.2) is 16.4 Å². The molecule has 4 nitrogen and oxygen atoms in total.